The molecule has 2 aromatic rings. The van der Waals surface area contributed by atoms with Gasteiger partial charge in [0.15, 0.2) is 5.16 Å². The maximum atomic E-state index is 11.9. The van der Waals surface area contributed by atoms with Crippen LogP contribution in [0.3, 0.4) is 0 Å². The van der Waals surface area contributed by atoms with Crippen molar-refractivity contribution >= 4 is 23.4 Å². The van der Waals surface area contributed by atoms with E-state index in [2.05, 4.69) is 20.5 Å². The normalized spacial score (nSPS) is 11.3. The quantitative estimate of drug-likeness (QED) is 0.383. The Hall–Kier alpha value is -2.21. The van der Waals surface area contributed by atoms with E-state index in [1.807, 2.05) is 57.2 Å². The number of amides is 1. The summed E-state index contributed by atoms with van der Waals surface area (Å²) < 4.78 is 0. The molecule has 120 valence electrons. The zero-order valence-corrected chi connectivity index (χ0v) is 14.4. The fraction of sp³-hybridized carbons (Fsp3) is 0.294. The molecule has 1 heterocycles. The van der Waals surface area contributed by atoms with E-state index < -0.39 is 0 Å². The van der Waals surface area contributed by atoms with Crippen molar-refractivity contribution in [2.45, 2.75) is 32.3 Å². The van der Waals surface area contributed by atoms with E-state index >= 15 is 0 Å². The largest absolute Gasteiger partial charge is 0.272 e. The number of nitrogens with zero attached hydrogens (tertiary/aromatic N) is 3. The van der Waals surface area contributed by atoms with Crippen molar-refractivity contribution < 1.29 is 4.79 Å². The molecule has 0 saturated carbocycles. The fourth-order valence-electron chi connectivity index (χ4n) is 2.03. The van der Waals surface area contributed by atoms with Crippen LogP contribution in [0.5, 0.6) is 0 Å². The lowest BCUT2D eigenvalue weighted by Gasteiger charge is -2.05. The van der Waals surface area contributed by atoms with E-state index in [-0.39, 0.29) is 11.7 Å². The molecule has 0 spiro atoms. The summed E-state index contributed by atoms with van der Waals surface area (Å²) in [5.74, 6) is 0.0673. The summed E-state index contributed by atoms with van der Waals surface area (Å²) in [4.78, 5) is 20.5. The molecule has 0 aliphatic carbocycles. The molecule has 1 amide bonds. The van der Waals surface area contributed by atoms with Gasteiger partial charge in [-0.05, 0) is 31.9 Å². The fourth-order valence-corrected chi connectivity index (χ4v) is 2.77. The predicted octanol–water partition coefficient (Wildman–Crippen LogP) is 3.12. The third-order valence-electron chi connectivity index (χ3n) is 3.05. The van der Waals surface area contributed by atoms with E-state index in [0.717, 1.165) is 29.1 Å². The smallest absolute Gasteiger partial charge is 0.250 e. The zero-order valence-electron chi connectivity index (χ0n) is 13.5. The lowest BCUT2D eigenvalue weighted by molar-refractivity contribution is -0.118. The van der Waals surface area contributed by atoms with Crippen LogP contribution in [0, 0.1) is 13.8 Å². The number of benzene rings is 1. The highest BCUT2D eigenvalue weighted by Crippen LogP contribution is 2.13. The Kier molecular flexibility index (Phi) is 6.29. The van der Waals surface area contributed by atoms with E-state index in [0.29, 0.717) is 5.16 Å². The van der Waals surface area contributed by atoms with Gasteiger partial charge in [-0.25, -0.2) is 15.4 Å². The Morgan fingerprint density at radius 3 is 2.43 bits per heavy atom. The van der Waals surface area contributed by atoms with Crippen molar-refractivity contribution in [2.24, 2.45) is 5.10 Å². The number of hydrazone groups is 1. The Morgan fingerprint density at radius 1 is 1.17 bits per heavy atom. The van der Waals surface area contributed by atoms with Crippen LogP contribution < -0.4 is 5.43 Å². The van der Waals surface area contributed by atoms with Crippen LogP contribution in [-0.2, 0) is 4.79 Å². The van der Waals surface area contributed by atoms with E-state index in [4.69, 9.17) is 0 Å². The van der Waals surface area contributed by atoms with Crippen LogP contribution in [0.4, 0.5) is 0 Å². The molecule has 0 aliphatic rings. The minimum absolute atomic E-state index is 0.167. The Bertz CT molecular complexity index is 681. The molecule has 23 heavy (non-hydrogen) atoms. The summed E-state index contributed by atoms with van der Waals surface area (Å²) in [7, 11) is 0. The molecule has 0 saturated heterocycles. The van der Waals surface area contributed by atoms with Gasteiger partial charge >= 0.3 is 0 Å². The highest BCUT2D eigenvalue weighted by Gasteiger charge is 2.06. The third-order valence-corrected chi connectivity index (χ3v) is 3.90. The first-order valence-corrected chi connectivity index (χ1v) is 8.43. The molecule has 0 bridgehead atoms. The number of carbonyl (C=O) groups is 1. The van der Waals surface area contributed by atoms with Crippen LogP contribution >= 0.6 is 11.8 Å². The summed E-state index contributed by atoms with van der Waals surface area (Å²) in [6.07, 6.45) is 0.748. The van der Waals surface area contributed by atoms with Crippen LogP contribution in [0.15, 0.2) is 46.7 Å². The Morgan fingerprint density at radius 2 is 1.83 bits per heavy atom. The lowest BCUT2D eigenvalue weighted by Crippen LogP contribution is -2.22. The van der Waals surface area contributed by atoms with Gasteiger partial charge in [0.25, 0.3) is 5.91 Å². The van der Waals surface area contributed by atoms with Gasteiger partial charge in [-0.15, -0.1) is 0 Å². The van der Waals surface area contributed by atoms with E-state index in [1.165, 1.54) is 11.8 Å². The molecule has 5 nitrogen and oxygen atoms in total. The molecule has 0 unspecified atom stereocenters. The Balaban J connectivity index is 1.92. The zero-order chi connectivity index (χ0) is 16.7. The summed E-state index contributed by atoms with van der Waals surface area (Å²) in [5, 5.41) is 4.83. The average Bonchev–Trinajstić information content (AvgIpc) is 2.53. The SMILES string of the molecule is CC/C(=N\NC(=O)CSc1nc(C)cc(C)n1)c1ccccc1. The topological polar surface area (TPSA) is 67.2 Å². The summed E-state index contributed by atoms with van der Waals surface area (Å²) in [6.45, 7) is 5.84. The number of rotatable bonds is 6. The first-order valence-electron chi connectivity index (χ1n) is 7.44. The molecule has 0 fully saturated rings. The highest BCUT2D eigenvalue weighted by molar-refractivity contribution is 7.99. The first-order chi connectivity index (χ1) is 11.1. The minimum atomic E-state index is -0.167. The number of carbonyl (C=O) groups excluding carboxylic acids is 1. The lowest BCUT2D eigenvalue weighted by atomic mass is 10.1. The van der Waals surface area contributed by atoms with Crippen molar-refractivity contribution in [1.29, 1.82) is 0 Å². The number of hydrogen-bond acceptors (Lipinski definition) is 5. The molecule has 1 N–H and O–H groups in total. The predicted molar refractivity (Wildman–Crippen MR) is 93.6 cm³/mol. The number of nitrogens with one attached hydrogen (secondary N) is 1. The van der Waals surface area contributed by atoms with Gasteiger partial charge in [-0.3, -0.25) is 4.79 Å². The van der Waals surface area contributed by atoms with Crippen molar-refractivity contribution in [3.05, 3.63) is 53.3 Å². The van der Waals surface area contributed by atoms with Crippen LogP contribution in [0.25, 0.3) is 0 Å². The van der Waals surface area contributed by atoms with Gasteiger partial charge in [-0.2, -0.15) is 5.10 Å². The molecule has 1 aromatic carbocycles. The summed E-state index contributed by atoms with van der Waals surface area (Å²) in [5.41, 5.74) is 6.27. The molecular formula is C17H20N4OS. The average molecular weight is 328 g/mol. The minimum Gasteiger partial charge on any atom is -0.272 e. The second-order valence-electron chi connectivity index (χ2n) is 5.04. The van der Waals surface area contributed by atoms with Crippen LogP contribution in [-0.4, -0.2) is 27.3 Å². The van der Waals surface area contributed by atoms with Crippen molar-refractivity contribution in [3.63, 3.8) is 0 Å². The number of thioether (sulfide) groups is 1. The standard InChI is InChI=1S/C17H20N4OS/c1-4-15(14-8-6-5-7-9-14)20-21-16(22)11-23-17-18-12(2)10-13(3)19-17/h5-10H,4,11H2,1-3H3,(H,21,22)/b20-15+. The van der Waals surface area contributed by atoms with E-state index in [1.54, 1.807) is 0 Å². The van der Waals surface area contributed by atoms with Gasteiger partial charge in [0, 0.05) is 11.4 Å². The summed E-state index contributed by atoms with van der Waals surface area (Å²) >= 11 is 1.31. The molecule has 6 heteroatoms. The molecule has 2 rings (SSSR count). The van der Waals surface area contributed by atoms with Gasteiger partial charge in [0.1, 0.15) is 0 Å². The second-order valence-corrected chi connectivity index (χ2v) is 5.98. The summed E-state index contributed by atoms with van der Waals surface area (Å²) in [6, 6.07) is 11.7. The van der Waals surface area contributed by atoms with Crippen LogP contribution in [0.2, 0.25) is 0 Å². The molecular weight excluding hydrogens is 308 g/mol. The maximum absolute atomic E-state index is 11.9. The third kappa shape index (κ3) is 5.49. The maximum Gasteiger partial charge on any atom is 0.250 e. The van der Waals surface area contributed by atoms with Gasteiger partial charge in [-0.1, -0.05) is 49.0 Å². The van der Waals surface area contributed by atoms with Crippen molar-refractivity contribution in [3.8, 4) is 0 Å². The van der Waals surface area contributed by atoms with Crippen LogP contribution in [0.1, 0.15) is 30.3 Å². The monoisotopic (exact) mass is 328 g/mol. The van der Waals surface area contributed by atoms with Gasteiger partial charge in [0.05, 0.1) is 11.5 Å². The first kappa shape index (κ1) is 17.1. The van der Waals surface area contributed by atoms with Gasteiger partial charge < -0.3 is 0 Å². The highest BCUT2D eigenvalue weighted by atomic mass is 32.2. The van der Waals surface area contributed by atoms with Gasteiger partial charge in [0.2, 0.25) is 0 Å². The molecule has 0 radical (unpaired) electrons. The molecule has 0 atom stereocenters. The molecule has 1 aromatic heterocycles. The second kappa shape index (κ2) is 8.43. The molecule has 0 aliphatic heterocycles. The Labute approximate surface area is 140 Å². The van der Waals surface area contributed by atoms with E-state index in [9.17, 15) is 4.79 Å². The van der Waals surface area contributed by atoms with Crippen molar-refractivity contribution in [2.75, 3.05) is 5.75 Å². The number of hydrogen-bond donors (Lipinski definition) is 1. The number of aryl methyl sites for hydroxylation is 2. The van der Waals surface area contributed by atoms with Crippen molar-refractivity contribution in [1.82, 2.24) is 15.4 Å². The number of aromatic nitrogens is 2.